The summed E-state index contributed by atoms with van der Waals surface area (Å²) in [7, 11) is 1.56. The van der Waals surface area contributed by atoms with E-state index in [1.807, 2.05) is 6.07 Å². The SMILES string of the molecule is COc1ccc([C@H]2/C(=C(\O)c3ccc(Cl)cc3)C(=O)C(=O)N2c2ccccc2)cc1. The molecule has 0 aliphatic carbocycles. The molecule has 1 N–H and O–H groups in total. The minimum Gasteiger partial charge on any atom is -0.507 e. The van der Waals surface area contributed by atoms with Crippen molar-refractivity contribution in [3.05, 3.63) is 101 Å². The summed E-state index contributed by atoms with van der Waals surface area (Å²) in [6.45, 7) is 0. The second-order valence-electron chi connectivity index (χ2n) is 6.78. The van der Waals surface area contributed by atoms with Gasteiger partial charge in [-0.25, -0.2) is 0 Å². The van der Waals surface area contributed by atoms with Crippen LogP contribution in [0.25, 0.3) is 5.76 Å². The van der Waals surface area contributed by atoms with Crippen LogP contribution in [0.3, 0.4) is 0 Å². The van der Waals surface area contributed by atoms with Gasteiger partial charge in [0.25, 0.3) is 11.7 Å². The van der Waals surface area contributed by atoms with Crippen molar-refractivity contribution in [2.75, 3.05) is 12.0 Å². The number of ether oxygens (including phenoxy) is 1. The summed E-state index contributed by atoms with van der Waals surface area (Å²) in [6, 6.07) is 21.7. The Morgan fingerprint density at radius 2 is 1.57 bits per heavy atom. The Hall–Kier alpha value is -3.57. The van der Waals surface area contributed by atoms with Gasteiger partial charge in [-0.2, -0.15) is 0 Å². The average molecular weight is 420 g/mol. The second-order valence-corrected chi connectivity index (χ2v) is 7.22. The number of Topliss-reactive ketones (excluding diaryl/α,β-unsaturated/α-hetero) is 1. The highest BCUT2D eigenvalue weighted by Gasteiger charge is 2.46. The van der Waals surface area contributed by atoms with Crippen LogP contribution < -0.4 is 9.64 Å². The van der Waals surface area contributed by atoms with Gasteiger partial charge in [0.2, 0.25) is 0 Å². The molecule has 0 aromatic heterocycles. The molecule has 1 aliphatic heterocycles. The highest BCUT2D eigenvalue weighted by atomic mass is 35.5. The van der Waals surface area contributed by atoms with Crippen LogP contribution in [0, 0.1) is 0 Å². The predicted octanol–water partition coefficient (Wildman–Crippen LogP) is 4.97. The lowest BCUT2D eigenvalue weighted by atomic mass is 9.95. The maximum atomic E-state index is 13.0. The zero-order chi connectivity index (χ0) is 21.3. The molecule has 1 saturated heterocycles. The van der Waals surface area contributed by atoms with E-state index >= 15 is 0 Å². The molecule has 0 bridgehead atoms. The van der Waals surface area contributed by atoms with Gasteiger partial charge < -0.3 is 9.84 Å². The summed E-state index contributed by atoms with van der Waals surface area (Å²) >= 11 is 5.95. The number of ketones is 1. The van der Waals surface area contributed by atoms with Gasteiger partial charge in [0, 0.05) is 16.3 Å². The smallest absolute Gasteiger partial charge is 0.300 e. The van der Waals surface area contributed by atoms with Crippen LogP contribution in [-0.4, -0.2) is 23.9 Å². The lowest BCUT2D eigenvalue weighted by molar-refractivity contribution is -0.132. The number of hydrogen-bond donors (Lipinski definition) is 1. The van der Waals surface area contributed by atoms with Crippen LogP contribution >= 0.6 is 11.6 Å². The van der Waals surface area contributed by atoms with Crippen molar-refractivity contribution in [3.8, 4) is 5.75 Å². The third-order valence-electron chi connectivity index (χ3n) is 5.03. The second kappa shape index (κ2) is 8.05. The Morgan fingerprint density at radius 1 is 0.933 bits per heavy atom. The van der Waals surface area contributed by atoms with Crippen LogP contribution in [-0.2, 0) is 9.59 Å². The van der Waals surface area contributed by atoms with Crippen molar-refractivity contribution in [2.24, 2.45) is 0 Å². The van der Waals surface area contributed by atoms with E-state index in [0.29, 0.717) is 27.6 Å². The van der Waals surface area contributed by atoms with Crippen molar-refractivity contribution >= 4 is 34.7 Å². The van der Waals surface area contributed by atoms with E-state index in [1.165, 1.54) is 4.90 Å². The molecular formula is C24H18ClNO4. The zero-order valence-corrected chi connectivity index (χ0v) is 16.8. The fourth-order valence-electron chi connectivity index (χ4n) is 3.55. The maximum absolute atomic E-state index is 13.0. The Labute approximate surface area is 178 Å². The number of aliphatic hydroxyl groups excluding tert-OH is 1. The zero-order valence-electron chi connectivity index (χ0n) is 16.1. The fraction of sp³-hybridized carbons (Fsp3) is 0.0833. The molecule has 0 unspecified atom stereocenters. The van der Waals surface area contributed by atoms with E-state index in [2.05, 4.69) is 0 Å². The van der Waals surface area contributed by atoms with Crippen LogP contribution in [0.4, 0.5) is 5.69 Å². The third-order valence-corrected chi connectivity index (χ3v) is 5.28. The quantitative estimate of drug-likeness (QED) is 0.368. The molecule has 1 aliphatic rings. The first-order valence-corrected chi connectivity index (χ1v) is 9.65. The Balaban J connectivity index is 1.92. The largest absolute Gasteiger partial charge is 0.507 e. The summed E-state index contributed by atoms with van der Waals surface area (Å²) in [4.78, 5) is 27.4. The molecule has 1 heterocycles. The molecule has 1 fully saturated rings. The van der Waals surface area contributed by atoms with E-state index in [0.717, 1.165) is 0 Å². The van der Waals surface area contributed by atoms with Crippen LogP contribution in [0.5, 0.6) is 5.75 Å². The highest BCUT2D eigenvalue weighted by molar-refractivity contribution is 6.51. The monoisotopic (exact) mass is 419 g/mol. The summed E-state index contributed by atoms with van der Waals surface area (Å²) < 4.78 is 5.22. The first kappa shape index (κ1) is 19.7. The molecule has 0 radical (unpaired) electrons. The average Bonchev–Trinajstić information content (AvgIpc) is 3.05. The van der Waals surface area contributed by atoms with Crippen molar-refractivity contribution < 1.29 is 19.4 Å². The Bertz CT molecular complexity index is 1120. The minimum atomic E-state index is -0.783. The number of benzene rings is 3. The van der Waals surface area contributed by atoms with Crippen molar-refractivity contribution in [1.29, 1.82) is 0 Å². The molecule has 1 atom stereocenters. The van der Waals surface area contributed by atoms with Gasteiger partial charge in [-0.1, -0.05) is 41.9 Å². The molecule has 3 aromatic carbocycles. The van der Waals surface area contributed by atoms with Gasteiger partial charge in [-0.3, -0.25) is 14.5 Å². The molecule has 150 valence electrons. The predicted molar refractivity (Wildman–Crippen MR) is 116 cm³/mol. The normalized spacial score (nSPS) is 17.9. The Morgan fingerprint density at radius 3 is 2.17 bits per heavy atom. The molecule has 3 aromatic rings. The third kappa shape index (κ3) is 3.44. The molecule has 0 saturated carbocycles. The molecule has 30 heavy (non-hydrogen) atoms. The molecule has 0 spiro atoms. The summed E-state index contributed by atoms with van der Waals surface area (Å²) in [6.07, 6.45) is 0. The lowest BCUT2D eigenvalue weighted by Gasteiger charge is -2.25. The number of carbonyl (C=O) groups is 2. The molecule has 4 rings (SSSR count). The number of rotatable bonds is 4. The maximum Gasteiger partial charge on any atom is 0.300 e. The topological polar surface area (TPSA) is 66.8 Å². The summed E-state index contributed by atoms with van der Waals surface area (Å²) in [5.74, 6) is -1.04. The Kier molecular flexibility index (Phi) is 5.29. The number of hydrogen-bond acceptors (Lipinski definition) is 4. The highest BCUT2D eigenvalue weighted by Crippen LogP contribution is 2.42. The van der Waals surface area contributed by atoms with Gasteiger partial charge in [0.1, 0.15) is 11.5 Å². The van der Waals surface area contributed by atoms with Gasteiger partial charge in [0.05, 0.1) is 18.7 Å². The molecule has 6 heteroatoms. The summed E-state index contributed by atoms with van der Waals surface area (Å²) in [5, 5.41) is 11.5. The van der Waals surface area contributed by atoms with Crippen molar-refractivity contribution in [2.45, 2.75) is 6.04 Å². The standard InChI is InChI=1S/C24H18ClNO4/c1-30-19-13-9-15(10-14-19)21-20(22(27)16-7-11-17(25)12-8-16)23(28)24(29)26(21)18-5-3-2-4-6-18/h2-14,21,27H,1H3/b22-20+/t21-/m0/s1. The van der Waals surface area contributed by atoms with E-state index in [9.17, 15) is 14.7 Å². The number of para-hydroxylation sites is 1. The van der Waals surface area contributed by atoms with Gasteiger partial charge in [-0.15, -0.1) is 0 Å². The van der Waals surface area contributed by atoms with E-state index in [1.54, 1.807) is 79.9 Å². The first-order chi connectivity index (χ1) is 14.5. The number of aliphatic hydroxyl groups is 1. The van der Waals surface area contributed by atoms with Crippen LogP contribution in [0.1, 0.15) is 17.2 Å². The van der Waals surface area contributed by atoms with Crippen LogP contribution in [0.15, 0.2) is 84.4 Å². The van der Waals surface area contributed by atoms with Gasteiger partial charge >= 0.3 is 0 Å². The lowest BCUT2D eigenvalue weighted by Crippen LogP contribution is -2.29. The molecule has 1 amide bonds. The number of carbonyl (C=O) groups excluding carboxylic acids is 2. The first-order valence-electron chi connectivity index (χ1n) is 9.27. The number of nitrogens with zero attached hydrogens (tertiary/aromatic N) is 1. The van der Waals surface area contributed by atoms with E-state index in [4.69, 9.17) is 16.3 Å². The number of amides is 1. The van der Waals surface area contributed by atoms with Gasteiger partial charge in [-0.05, 0) is 54.1 Å². The van der Waals surface area contributed by atoms with Crippen molar-refractivity contribution in [1.82, 2.24) is 0 Å². The van der Waals surface area contributed by atoms with Crippen LogP contribution in [0.2, 0.25) is 5.02 Å². The molecular weight excluding hydrogens is 402 g/mol. The van der Waals surface area contributed by atoms with Gasteiger partial charge in [0.15, 0.2) is 0 Å². The number of halogens is 1. The van der Waals surface area contributed by atoms with E-state index in [-0.39, 0.29) is 11.3 Å². The molecule has 5 nitrogen and oxygen atoms in total. The minimum absolute atomic E-state index is 0.0244. The number of anilines is 1. The van der Waals surface area contributed by atoms with E-state index < -0.39 is 17.7 Å². The van der Waals surface area contributed by atoms with Crippen molar-refractivity contribution in [3.63, 3.8) is 0 Å². The fourth-order valence-corrected chi connectivity index (χ4v) is 3.68. The number of methoxy groups -OCH3 is 1. The summed E-state index contributed by atoms with van der Waals surface area (Å²) in [5.41, 5.74) is 1.67.